The highest BCUT2D eigenvalue weighted by Crippen LogP contribution is 2.39. The Morgan fingerprint density at radius 2 is 1.61 bits per heavy atom. The Bertz CT molecular complexity index is 1060. The molecule has 0 bridgehead atoms. The lowest BCUT2D eigenvalue weighted by molar-refractivity contribution is -0.274. The minimum Gasteiger partial charge on any atom is -0.406 e. The lowest BCUT2D eigenvalue weighted by Gasteiger charge is -2.29. The molecule has 176 valence electrons. The van der Waals surface area contributed by atoms with Crippen LogP contribution in [0.4, 0.5) is 17.6 Å². The van der Waals surface area contributed by atoms with Crippen molar-refractivity contribution in [2.24, 2.45) is 5.92 Å². The molecule has 0 atom stereocenters. The molecule has 0 aromatic heterocycles. The lowest BCUT2D eigenvalue weighted by atomic mass is 9.76. The molecule has 0 N–H and O–H groups in total. The average molecular weight is 459 g/mol. The molecule has 5 heteroatoms. The van der Waals surface area contributed by atoms with Crippen LogP contribution >= 0.6 is 0 Å². The van der Waals surface area contributed by atoms with E-state index < -0.39 is 6.36 Å². The monoisotopic (exact) mass is 458 g/mol. The van der Waals surface area contributed by atoms with Gasteiger partial charge in [-0.3, -0.25) is 0 Å². The van der Waals surface area contributed by atoms with Gasteiger partial charge >= 0.3 is 6.36 Å². The fourth-order valence-electron chi connectivity index (χ4n) is 5.09. The lowest BCUT2D eigenvalue weighted by Crippen LogP contribution is -2.16. The molecule has 1 fully saturated rings. The van der Waals surface area contributed by atoms with E-state index in [1.54, 1.807) is 6.07 Å². The first kappa shape index (κ1) is 23.6. The maximum absolute atomic E-state index is 15.3. The number of alkyl halides is 3. The molecule has 33 heavy (non-hydrogen) atoms. The Labute approximate surface area is 192 Å². The molecule has 4 rings (SSSR count). The average Bonchev–Trinajstić information content (AvgIpc) is 2.79. The van der Waals surface area contributed by atoms with Crippen molar-refractivity contribution in [3.8, 4) is 16.9 Å². The number of unbranched alkanes of at least 4 members (excludes halogenated alkanes) is 2. The van der Waals surface area contributed by atoms with Crippen LogP contribution in [0.2, 0.25) is 0 Å². The largest absolute Gasteiger partial charge is 0.573 e. The van der Waals surface area contributed by atoms with Crippen LogP contribution in [0.15, 0.2) is 54.6 Å². The van der Waals surface area contributed by atoms with Gasteiger partial charge in [-0.15, -0.1) is 13.2 Å². The van der Waals surface area contributed by atoms with Crippen molar-refractivity contribution < 1.29 is 22.3 Å². The van der Waals surface area contributed by atoms with Gasteiger partial charge in [0.15, 0.2) is 0 Å². The topological polar surface area (TPSA) is 9.23 Å². The van der Waals surface area contributed by atoms with Gasteiger partial charge in [0, 0.05) is 10.9 Å². The van der Waals surface area contributed by atoms with E-state index in [4.69, 9.17) is 0 Å². The molecule has 0 radical (unpaired) electrons. The summed E-state index contributed by atoms with van der Waals surface area (Å²) in [5.41, 5.74) is 2.14. The Morgan fingerprint density at radius 1 is 0.879 bits per heavy atom. The van der Waals surface area contributed by atoms with Gasteiger partial charge in [0.25, 0.3) is 0 Å². The third-order valence-electron chi connectivity index (χ3n) is 6.91. The van der Waals surface area contributed by atoms with Crippen LogP contribution in [-0.2, 0) is 0 Å². The molecule has 0 saturated heterocycles. The normalized spacial score (nSPS) is 19.1. The second-order valence-electron chi connectivity index (χ2n) is 9.19. The van der Waals surface area contributed by atoms with E-state index in [0.717, 1.165) is 11.3 Å². The fraction of sp³-hybridized carbons (Fsp3) is 0.429. The van der Waals surface area contributed by atoms with Crippen LogP contribution in [-0.4, -0.2) is 6.36 Å². The first-order chi connectivity index (χ1) is 15.8. The van der Waals surface area contributed by atoms with Gasteiger partial charge in [0.1, 0.15) is 11.6 Å². The minimum absolute atomic E-state index is 0.322. The fourth-order valence-corrected chi connectivity index (χ4v) is 5.09. The molecule has 0 spiro atoms. The number of ether oxygens (including phenoxy) is 1. The van der Waals surface area contributed by atoms with Crippen LogP contribution in [0.1, 0.15) is 69.8 Å². The summed E-state index contributed by atoms with van der Waals surface area (Å²) in [7, 11) is 0. The summed E-state index contributed by atoms with van der Waals surface area (Å²) in [5, 5.41) is 1.39. The third kappa shape index (κ3) is 5.87. The van der Waals surface area contributed by atoms with E-state index >= 15 is 4.39 Å². The van der Waals surface area contributed by atoms with Crippen molar-refractivity contribution >= 4 is 10.8 Å². The Balaban J connectivity index is 1.48. The van der Waals surface area contributed by atoms with Crippen molar-refractivity contribution in [1.82, 2.24) is 0 Å². The quantitative estimate of drug-likeness (QED) is 0.253. The molecule has 0 amide bonds. The van der Waals surface area contributed by atoms with Crippen molar-refractivity contribution in [3.63, 3.8) is 0 Å². The number of hydrogen-bond donors (Lipinski definition) is 0. The maximum atomic E-state index is 15.3. The maximum Gasteiger partial charge on any atom is 0.573 e. The second kappa shape index (κ2) is 10.1. The first-order valence-electron chi connectivity index (χ1n) is 11.9. The summed E-state index contributed by atoms with van der Waals surface area (Å²) in [6.45, 7) is 2.24. The predicted molar refractivity (Wildman–Crippen MR) is 125 cm³/mol. The summed E-state index contributed by atoms with van der Waals surface area (Å²) in [6, 6.07) is 14.9. The highest BCUT2D eigenvalue weighted by atomic mass is 19.4. The number of halogens is 4. The standard InChI is InChI=1S/C28H30F4O/c1-2-3-4-5-19-6-8-20(9-7-19)22-12-16-26-23(18-22)13-17-25(27(26)29)21-10-14-24(15-11-21)33-28(30,31)32/h10-20H,2-9H2,1H3/t19-,20-. The van der Waals surface area contributed by atoms with E-state index in [0.29, 0.717) is 22.4 Å². The van der Waals surface area contributed by atoms with Crippen LogP contribution < -0.4 is 4.74 Å². The zero-order valence-electron chi connectivity index (χ0n) is 18.9. The van der Waals surface area contributed by atoms with Crippen LogP contribution in [0.5, 0.6) is 5.75 Å². The molecule has 1 aliphatic rings. The number of fused-ring (bicyclic) bond motifs is 1. The Morgan fingerprint density at radius 3 is 2.27 bits per heavy atom. The summed E-state index contributed by atoms with van der Waals surface area (Å²) in [6.07, 6.45) is 5.44. The molecular formula is C28H30F4O. The van der Waals surface area contributed by atoms with E-state index in [-0.39, 0.29) is 11.6 Å². The molecule has 0 heterocycles. The van der Waals surface area contributed by atoms with E-state index in [2.05, 4.69) is 17.7 Å². The van der Waals surface area contributed by atoms with Gasteiger partial charge in [-0.05, 0) is 66.2 Å². The number of benzene rings is 3. The molecule has 1 aliphatic carbocycles. The highest BCUT2D eigenvalue weighted by Gasteiger charge is 2.31. The molecule has 1 saturated carbocycles. The molecule has 3 aromatic rings. The van der Waals surface area contributed by atoms with Crippen molar-refractivity contribution in [2.75, 3.05) is 0 Å². The molecule has 0 unspecified atom stereocenters. The Hall–Kier alpha value is -2.56. The molecule has 3 aromatic carbocycles. The van der Waals surface area contributed by atoms with Gasteiger partial charge in [-0.1, -0.05) is 75.1 Å². The van der Waals surface area contributed by atoms with Gasteiger partial charge in [0.05, 0.1) is 0 Å². The SMILES string of the molecule is CCCCC[C@H]1CC[C@H](c2ccc3c(F)c(-c4ccc(OC(F)(F)F)cc4)ccc3c2)CC1. The summed E-state index contributed by atoms with van der Waals surface area (Å²) >= 11 is 0. The molecular weight excluding hydrogens is 428 g/mol. The number of hydrogen-bond acceptors (Lipinski definition) is 1. The summed E-state index contributed by atoms with van der Waals surface area (Å²) < 4.78 is 56.3. The Kier molecular flexibility index (Phi) is 7.26. The zero-order chi connectivity index (χ0) is 23.4. The van der Waals surface area contributed by atoms with E-state index in [9.17, 15) is 13.2 Å². The van der Waals surface area contributed by atoms with Crippen molar-refractivity contribution in [3.05, 3.63) is 66.0 Å². The van der Waals surface area contributed by atoms with Crippen molar-refractivity contribution in [2.45, 2.75) is 70.6 Å². The minimum atomic E-state index is -4.75. The summed E-state index contributed by atoms with van der Waals surface area (Å²) in [5.74, 6) is 0.697. The third-order valence-corrected chi connectivity index (χ3v) is 6.91. The smallest absolute Gasteiger partial charge is 0.406 e. The predicted octanol–water partition coefficient (Wildman–Crippen LogP) is 9.40. The van der Waals surface area contributed by atoms with Crippen molar-refractivity contribution in [1.29, 1.82) is 0 Å². The molecule has 1 nitrogen and oxygen atoms in total. The van der Waals surface area contributed by atoms with Crippen LogP contribution in [0.25, 0.3) is 21.9 Å². The van der Waals surface area contributed by atoms with Crippen LogP contribution in [0.3, 0.4) is 0 Å². The summed E-state index contributed by atoms with van der Waals surface area (Å²) in [4.78, 5) is 0. The second-order valence-corrected chi connectivity index (χ2v) is 9.19. The van der Waals surface area contributed by atoms with E-state index in [1.807, 2.05) is 18.2 Å². The first-order valence-corrected chi connectivity index (χ1v) is 11.9. The van der Waals surface area contributed by atoms with E-state index in [1.165, 1.54) is 81.2 Å². The number of rotatable bonds is 7. The van der Waals surface area contributed by atoms with Crippen LogP contribution in [0, 0.1) is 11.7 Å². The highest BCUT2D eigenvalue weighted by molar-refractivity contribution is 5.89. The van der Waals surface area contributed by atoms with Gasteiger partial charge in [0.2, 0.25) is 0 Å². The zero-order valence-corrected chi connectivity index (χ0v) is 18.9. The van der Waals surface area contributed by atoms with Gasteiger partial charge in [-0.2, -0.15) is 0 Å². The van der Waals surface area contributed by atoms with Gasteiger partial charge < -0.3 is 4.74 Å². The van der Waals surface area contributed by atoms with Gasteiger partial charge in [-0.25, -0.2) is 4.39 Å². The molecule has 0 aliphatic heterocycles.